The van der Waals surface area contributed by atoms with Gasteiger partial charge in [0.2, 0.25) is 0 Å². The van der Waals surface area contributed by atoms with E-state index in [1.807, 2.05) is 5.83 Å². The van der Waals surface area contributed by atoms with Crippen molar-refractivity contribution in [2.24, 2.45) is 0 Å². The zero-order valence-corrected chi connectivity index (χ0v) is 39.5. The summed E-state index contributed by atoms with van der Waals surface area (Å²) in [4.78, 5) is 0. The number of fused-ring (bicyclic) bond motifs is 9. The molecule has 3 aliphatic rings. The van der Waals surface area contributed by atoms with E-state index in [1.54, 1.807) is 20.8 Å². The van der Waals surface area contributed by atoms with Crippen LogP contribution in [0.4, 0.5) is 65.9 Å². The fourth-order valence-corrected chi connectivity index (χ4v) is 7.69. The van der Waals surface area contributed by atoms with E-state index in [2.05, 4.69) is 29.8 Å². The number of rotatable bonds is 7. The van der Waals surface area contributed by atoms with Gasteiger partial charge in [0.1, 0.15) is 0 Å². The van der Waals surface area contributed by atoms with Crippen molar-refractivity contribution in [1.82, 2.24) is 0 Å². The molecular weight excluding hydrogens is 1020 g/mol. The summed E-state index contributed by atoms with van der Waals surface area (Å²) in [5.74, 6) is -24.0. The number of unbranched alkanes of at least 4 members (excludes halogenated alkanes) is 1. The summed E-state index contributed by atoms with van der Waals surface area (Å²) >= 11 is 2.94. The Labute approximate surface area is 413 Å². The zero-order valence-electron chi connectivity index (χ0n) is 37.9. The van der Waals surface area contributed by atoms with Crippen LogP contribution in [0.2, 0.25) is 0 Å². The molecule has 0 aliphatic heterocycles. The molecule has 0 saturated carbocycles. The van der Waals surface area contributed by atoms with E-state index in [-0.39, 0.29) is 89.3 Å². The van der Waals surface area contributed by atoms with Crippen molar-refractivity contribution in [1.29, 1.82) is 0 Å². The van der Waals surface area contributed by atoms with Gasteiger partial charge in [-0.3, -0.25) is 0 Å². The third-order valence-corrected chi connectivity index (χ3v) is 10.6. The van der Waals surface area contributed by atoms with E-state index in [0.717, 1.165) is 42.8 Å². The molecule has 6 aromatic rings. The van der Waals surface area contributed by atoms with Gasteiger partial charge in [-0.15, -0.1) is 0 Å². The van der Waals surface area contributed by atoms with Crippen LogP contribution in [0.1, 0.15) is 73.9 Å². The fourth-order valence-electron chi connectivity index (χ4n) is 7.69. The molecule has 0 spiro atoms. The summed E-state index contributed by atoms with van der Waals surface area (Å²) in [6.07, 6.45) is 2.28. The van der Waals surface area contributed by atoms with Crippen molar-refractivity contribution in [3.63, 3.8) is 0 Å². The summed E-state index contributed by atoms with van der Waals surface area (Å²) < 4.78 is 224. The van der Waals surface area contributed by atoms with Crippen molar-refractivity contribution < 1.29 is 98.9 Å². The van der Waals surface area contributed by atoms with Gasteiger partial charge in [0.05, 0.1) is 53.2 Å². The normalized spacial score (nSPS) is 13.8. The van der Waals surface area contributed by atoms with Crippen molar-refractivity contribution in [3.8, 4) is 50.6 Å². The molecule has 370 valence electrons. The number of benzene rings is 6. The Morgan fingerprint density at radius 3 is 0.743 bits per heavy atom. The molecule has 0 unspecified atom stereocenters. The van der Waals surface area contributed by atoms with Gasteiger partial charge < -0.3 is 21.1 Å². The third-order valence-electron chi connectivity index (χ3n) is 10.6. The van der Waals surface area contributed by atoms with Gasteiger partial charge in [0.25, 0.3) is 0 Å². The minimum Gasteiger partial charge on any atom is -0.491 e. The van der Waals surface area contributed by atoms with E-state index in [0.29, 0.717) is 0 Å². The van der Waals surface area contributed by atoms with E-state index in [9.17, 15) is 65.9 Å². The first kappa shape index (κ1) is 57.3. The first-order valence-corrected chi connectivity index (χ1v) is 22.3. The van der Waals surface area contributed by atoms with E-state index >= 15 is 0 Å². The third kappa shape index (κ3) is 9.99. The van der Waals surface area contributed by atoms with Crippen molar-refractivity contribution in [3.05, 3.63) is 165 Å². The largest absolute Gasteiger partial charge is 1.00 e. The molecule has 9 rings (SSSR count). The maximum Gasteiger partial charge on any atom is 1.00 e. The molecular formula is C50H39BrF15LiO3. The Morgan fingerprint density at radius 1 is 0.371 bits per heavy atom. The molecule has 3 aliphatic carbocycles. The Morgan fingerprint density at radius 2 is 0.557 bits per heavy atom. The predicted octanol–water partition coefficient (Wildman–Crippen LogP) is 13.5. The van der Waals surface area contributed by atoms with Crippen LogP contribution in [-0.2, 0) is 17.8 Å². The maximum absolute atomic E-state index is 14.3. The molecule has 0 heterocycles. The Kier molecular flexibility index (Phi) is 18.7. The van der Waals surface area contributed by atoms with Crippen LogP contribution >= 0.6 is 15.9 Å². The molecule has 6 aromatic carbocycles. The van der Waals surface area contributed by atoms with Crippen LogP contribution in [0, 0.1) is 59.3 Å². The minimum atomic E-state index is -3.95. The van der Waals surface area contributed by atoms with Gasteiger partial charge in [-0.05, 0) is 115 Å². The molecule has 20 heteroatoms. The van der Waals surface area contributed by atoms with Crippen molar-refractivity contribution >= 4 is 15.9 Å². The van der Waals surface area contributed by atoms with Gasteiger partial charge in [0.15, 0.2) is 69.6 Å². The topological polar surface area (TPSA) is 27.7 Å². The average Bonchev–Trinajstić information content (AvgIpc) is 3.81. The molecule has 0 fully saturated rings. The number of hydrogen-bond acceptors (Lipinski definition) is 3. The zero-order chi connectivity index (χ0) is 51.5. The fraction of sp³-hybridized carbons (Fsp3) is 0.260. The number of halogens is 16. The van der Waals surface area contributed by atoms with Gasteiger partial charge in [-0.1, -0.05) is 47.5 Å². The summed E-state index contributed by atoms with van der Waals surface area (Å²) in [6, 6.07) is 12.6. The van der Waals surface area contributed by atoms with Crippen LogP contribution in [0.3, 0.4) is 0 Å². The van der Waals surface area contributed by atoms with Gasteiger partial charge >= 0.3 is 36.6 Å². The van der Waals surface area contributed by atoms with E-state index in [4.69, 9.17) is 14.2 Å². The average molecular weight is 1060 g/mol. The molecule has 0 N–H and O–H groups in total. The molecule has 0 bridgehead atoms. The Balaban J connectivity index is 0.000000214. The maximum atomic E-state index is 14.3. The SMILES string of the molecule is CBr.CCOc1ccc2c(c1F)C(F)(F)c1c-2ccc(F)c1F.CCOc1ccc2c(c1F)C(F)(F)c1c-2ccc(F)c1F.CCOc1ccc2c(c1F)C(F)(F)c1c-2ccc(F)c1F.[CH2-]CCC.[Li+]. The van der Waals surface area contributed by atoms with Crippen LogP contribution < -0.4 is 33.1 Å². The van der Waals surface area contributed by atoms with Crippen LogP contribution in [0.5, 0.6) is 17.2 Å². The smallest absolute Gasteiger partial charge is 0.491 e. The monoisotopic (exact) mass is 1060 g/mol. The predicted molar refractivity (Wildman–Crippen MR) is 233 cm³/mol. The van der Waals surface area contributed by atoms with E-state index in [1.165, 1.54) is 42.8 Å². The summed E-state index contributed by atoms with van der Waals surface area (Å²) in [5.41, 5.74) is -7.45. The van der Waals surface area contributed by atoms with E-state index < -0.39 is 104 Å². The van der Waals surface area contributed by atoms with Crippen LogP contribution in [0.25, 0.3) is 33.4 Å². The second kappa shape index (κ2) is 22.9. The first-order chi connectivity index (χ1) is 32.6. The number of hydrogen-bond donors (Lipinski definition) is 0. The second-order valence-electron chi connectivity index (χ2n) is 14.6. The molecule has 0 amide bonds. The Bertz CT molecular complexity index is 2570. The quantitative estimate of drug-likeness (QED) is 0.0690. The first-order valence-electron chi connectivity index (χ1n) is 20.7. The molecule has 0 atom stereocenters. The molecule has 3 nitrogen and oxygen atoms in total. The van der Waals surface area contributed by atoms with Gasteiger partial charge in [-0.25, -0.2) is 39.5 Å². The molecule has 0 aromatic heterocycles. The van der Waals surface area contributed by atoms with Gasteiger partial charge in [-0.2, -0.15) is 32.8 Å². The second-order valence-corrected chi connectivity index (χ2v) is 14.6. The van der Waals surface area contributed by atoms with Crippen molar-refractivity contribution in [2.75, 3.05) is 25.7 Å². The molecule has 0 radical (unpaired) electrons. The standard InChI is InChI=1S/3C15H9F5O.C4H9.CH3Br.Li/c3*1-2-21-10-6-4-8-7-3-5-9(16)13(17)11(7)15(19,20)12(8)14(10)18;1-3-4-2;1-2;/h3*3-6H,2H2,1H3;1,3-4H2,2H3;1H3;/q;;;-1;;+1. The number of ether oxygens (including phenoxy) is 3. The summed E-state index contributed by atoms with van der Waals surface area (Å²) in [7, 11) is 0. The number of alkyl halides is 7. The van der Waals surface area contributed by atoms with Crippen molar-refractivity contribution in [2.45, 2.75) is 58.3 Å². The summed E-state index contributed by atoms with van der Waals surface area (Å²) in [6.45, 7) is 10.7. The van der Waals surface area contributed by atoms with Crippen LogP contribution in [0.15, 0.2) is 72.8 Å². The minimum absolute atomic E-state index is 0. The summed E-state index contributed by atoms with van der Waals surface area (Å²) in [5, 5.41) is 0. The van der Waals surface area contributed by atoms with Gasteiger partial charge in [0, 0.05) is 0 Å². The molecule has 70 heavy (non-hydrogen) atoms. The molecule has 0 saturated heterocycles. The van der Waals surface area contributed by atoms with Crippen LogP contribution in [-0.4, -0.2) is 25.7 Å². The Hall–Kier alpha value is -5.25.